The Balaban J connectivity index is 1.36. The first-order valence-corrected chi connectivity index (χ1v) is 11.0. The number of ether oxygens (including phenoxy) is 3. The maximum absolute atomic E-state index is 12.2. The lowest BCUT2D eigenvalue weighted by Gasteiger charge is -2.25. The summed E-state index contributed by atoms with van der Waals surface area (Å²) in [6.45, 7) is 6.12. The van der Waals surface area contributed by atoms with Crippen LogP contribution in [-0.2, 0) is 14.3 Å². The van der Waals surface area contributed by atoms with Crippen molar-refractivity contribution in [2.45, 2.75) is 19.8 Å². The van der Waals surface area contributed by atoms with Gasteiger partial charge in [-0.05, 0) is 49.7 Å². The first-order valence-electron chi connectivity index (χ1n) is 11.0. The molecule has 8 nitrogen and oxygen atoms in total. The molecule has 1 saturated heterocycles. The lowest BCUT2D eigenvalue weighted by molar-refractivity contribution is -0.118. The van der Waals surface area contributed by atoms with Crippen LogP contribution in [0.3, 0.4) is 0 Å². The minimum absolute atomic E-state index is 0.0606. The van der Waals surface area contributed by atoms with E-state index in [1.54, 1.807) is 24.3 Å². The third-order valence-corrected chi connectivity index (χ3v) is 4.88. The third kappa shape index (κ3) is 7.86. The van der Waals surface area contributed by atoms with Gasteiger partial charge in [0.1, 0.15) is 0 Å². The highest BCUT2D eigenvalue weighted by Crippen LogP contribution is 2.26. The van der Waals surface area contributed by atoms with Crippen molar-refractivity contribution in [3.63, 3.8) is 0 Å². The highest BCUT2D eigenvalue weighted by Gasteiger charge is 2.14. The summed E-state index contributed by atoms with van der Waals surface area (Å²) < 4.78 is 16.6. The maximum atomic E-state index is 12.2. The van der Waals surface area contributed by atoms with E-state index in [2.05, 4.69) is 15.5 Å². The van der Waals surface area contributed by atoms with Crippen LogP contribution in [-0.4, -0.2) is 62.8 Å². The molecule has 0 unspecified atom stereocenters. The molecule has 1 fully saturated rings. The Morgan fingerprint density at radius 2 is 1.50 bits per heavy atom. The lowest BCUT2D eigenvalue weighted by atomic mass is 10.2. The number of carbonyl (C=O) groups is 2. The number of hydrogen-bond donors (Lipinski definition) is 2. The number of anilines is 2. The minimum Gasteiger partial charge on any atom is -0.490 e. The SMILES string of the molecule is CCOc1ccccc1OCCCC(=O)Nc1ccc(NC(=O)CN2CCOCC2)cc1. The Morgan fingerprint density at radius 3 is 2.12 bits per heavy atom. The van der Waals surface area contributed by atoms with Crippen LogP contribution in [0.1, 0.15) is 19.8 Å². The molecular formula is C24H31N3O5. The molecule has 32 heavy (non-hydrogen) atoms. The molecule has 0 atom stereocenters. The van der Waals surface area contributed by atoms with Gasteiger partial charge in [0.05, 0.1) is 33.0 Å². The molecule has 2 amide bonds. The fourth-order valence-corrected chi connectivity index (χ4v) is 3.28. The van der Waals surface area contributed by atoms with Gasteiger partial charge in [-0.1, -0.05) is 12.1 Å². The molecule has 1 aliphatic heterocycles. The summed E-state index contributed by atoms with van der Waals surface area (Å²) in [6.07, 6.45) is 0.927. The van der Waals surface area contributed by atoms with E-state index in [-0.39, 0.29) is 11.8 Å². The number of rotatable bonds is 11. The molecule has 3 rings (SSSR count). The number of morpholine rings is 1. The van der Waals surface area contributed by atoms with Gasteiger partial charge in [0, 0.05) is 30.9 Å². The predicted molar refractivity (Wildman–Crippen MR) is 123 cm³/mol. The monoisotopic (exact) mass is 441 g/mol. The minimum atomic E-state index is -0.0872. The van der Waals surface area contributed by atoms with Crippen molar-refractivity contribution in [2.75, 3.05) is 56.7 Å². The van der Waals surface area contributed by atoms with Gasteiger partial charge in [-0.3, -0.25) is 14.5 Å². The Labute approximate surface area is 188 Å². The van der Waals surface area contributed by atoms with E-state index in [0.717, 1.165) is 13.1 Å². The molecule has 2 aromatic rings. The van der Waals surface area contributed by atoms with Gasteiger partial charge >= 0.3 is 0 Å². The van der Waals surface area contributed by atoms with E-state index in [0.29, 0.717) is 68.7 Å². The molecule has 172 valence electrons. The number of nitrogens with zero attached hydrogens (tertiary/aromatic N) is 1. The fourth-order valence-electron chi connectivity index (χ4n) is 3.28. The predicted octanol–water partition coefficient (Wildman–Crippen LogP) is 3.15. The number of benzene rings is 2. The summed E-state index contributed by atoms with van der Waals surface area (Å²) in [5, 5.41) is 5.74. The van der Waals surface area contributed by atoms with Crippen molar-refractivity contribution in [3.05, 3.63) is 48.5 Å². The maximum Gasteiger partial charge on any atom is 0.238 e. The summed E-state index contributed by atoms with van der Waals surface area (Å²) in [7, 11) is 0. The van der Waals surface area contributed by atoms with Crippen LogP contribution in [0, 0.1) is 0 Å². The highest BCUT2D eigenvalue weighted by atomic mass is 16.5. The van der Waals surface area contributed by atoms with E-state index in [4.69, 9.17) is 14.2 Å². The van der Waals surface area contributed by atoms with Crippen LogP contribution >= 0.6 is 0 Å². The van der Waals surface area contributed by atoms with Crippen LogP contribution in [0.25, 0.3) is 0 Å². The summed E-state index contributed by atoms with van der Waals surface area (Å²) in [6, 6.07) is 14.6. The van der Waals surface area contributed by atoms with E-state index in [9.17, 15) is 9.59 Å². The molecule has 2 aromatic carbocycles. The van der Waals surface area contributed by atoms with Crippen LogP contribution in [0.4, 0.5) is 11.4 Å². The second-order valence-corrected chi connectivity index (χ2v) is 7.39. The number of amides is 2. The van der Waals surface area contributed by atoms with Crippen molar-refractivity contribution in [1.82, 2.24) is 4.90 Å². The van der Waals surface area contributed by atoms with Gasteiger partial charge in [-0.2, -0.15) is 0 Å². The van der Waals surface area contributed by atoms with Crippen molar-refractivity contribution in [3.8, 4) is 11.5 Å². The van der Waals surface area contributed by atoms with Gasteiger partial charge in [-0.15, -0.1) is 0 Å². The van der Waals surface area contributed by atoms with Gasteiger partial charge < -0.3 is 24.8 Å². The zero-order valence-corrected chi connectivity index (χ0v) is 18.5. The normalized spacial score (nSPS) is 13.9. The second kappa shape index (κ2) is 12.7. The van der Waals surface area contributed by atoms with Gasteiger partial charge in [0.15, 0.2) is 11.5 Å². The van der Waals surface area contributed by atoms with E-state index in [1.165, 1.54) is 0 Å². The van der Waals surface area contributed by atoms with Gasteiger partial charge in [0.2, 0.25) is 11.8 Å². The van der Waals surface area contributed by atoms with Crippen LogP contribution in [0.5, 0.6) is 11.5 Å². The zero-order valence-electron chi connectivity index (χ0n) is 18.5. The molecule has 2 N–H and O–H groups in total. The summed E-state index contributed by atoms with van der Waals surface area (Å²) in [4.78, 5) is 26.4. The van der Waals surface area contributed by atoms with Gasteiger partial charge in [0.25, 0.3) is 0 Å². The topological polar surface area (TPSA) is 89.1 Å². The molecular weight excluding hydrogens is 410 g/mol. The van der Waals surface area contributed by atoms with E-state index >= 15 is 0 Å². The van der Waals surface area contributed by atoms with Crippen LogP contribution in [0.2, 0.25) is 0 Å². The van der Waals surface area contributed by atoms with Crippen LogP contribution in [0.15, 0.2) is 48.5 Å². The third-order valence-electron chi connectivity index (χ3n) is 4.88. The number of para-hydroxylation sites is 2. The fraction of sp³-hybridized carbons (Fsp3) is 0.417. The second-order valence-electron chi connectivity index (χ2n) is 7.39. The molecule has 1 heterocycles. The summed E-state index contributed by atoms with van der Waals surface area (Å²) in [5.74, 6) is 1.24. The van der Waals surface area contributed by atoms with Crippen molar-refractivity contribution < 1.29 is 23.8 Å². The van der Waals surface area contributed by atoms with Crippen molar-refractivity contribution >= 4 is 23.2 Å². The molecule has 0 bridgehead atoms. The molecule has 1 aliphatic rings. The molecule has 0 aromatic heterocycles. The number of hydrogen-bond acceptors (Lipinski definition) is 6. The smallest absolute Gasteiger partial charge is 0.238 e. The average Bonchev–Trinajstić information content (AvgIpc) is 2.80. The molecule has 0 aliphatic carbocycles. The van der Waals surface area contributed by atoms with Gasteiger partial charge in [-0.25, -0.2) is 0 Å². The molecule has 0 spiro atoms. The largest absolute Gasteiger partial charge is 0.490 e. The molecule has 0 radical (unpaired) electrons. The highest BCUT2D eigenvalue weighted by molar-refractivity contribution is 5.93. The zero-order chi connectivity index (χ0) is 22.6. The first kappa shape index (κ1) is 23.6. The van der Waals surface area contributed by atoms with Crippen LogP contribution < -0.4 is 20.1 Å². The van der Waals surface area contributed by atoms with E-state index < -0.39 is 0 Å². The van der Waals surface area contributed by atoms with Crippen molar-refractivity contribution in [1.29, 1.82) is 0 Å². The summed E-state index contributed by atoms with van der Waals surface area (Å²) in [5.41, 5.74) is 1.38. The van der Waals surface area contributed by atoms with Crippen molar-refractivity contribution in [2.24, 2.45) is 0 Å². The number of carbonyl (C=O) groups excluding carboxylic acids is 2. The lowest BCUT2D eigenvalue weighted by Crippen LogP contribution is -2.41. The Hall–Kier alpha value is -3.10. The first-order chi connectivity index (χ1) is 15.6. The Kier molecular flexibility index (Phi) is 9.34. The Morgan fingerprint density at radius 1 is 0.906 bits per heavy atom. The quantitative estimate of drug-likeness (QED) is 0.521. The Bertz CT molecular complexity index is 866. The summed E-state index contributed by atoms with van der Waals surface area (Å²) >= 11 is 0. The number of nitrogens with one attached hydrogen (secondary N) is 2. The standard InChI is InChI=1S/C24H31N3O5/c1-2-31-21-6-3-4-7-22(21)32-15-5-8-23(28)25-19-9-11-20(12-10-19)26-24(29)18-27-13-16-30-17-14-27/h3-4,6-7,9-12H,2,5,8,13-18H2,1H3,(H,25,28)(H,26,29). The molecule has 0 saturated carbocycles. The van der Waals surface area contributed by atoms with E-state index in [1.807, 2.05) is 31.2 Å². The molecule has 8 heteroatoms. The average molecular weight is 442 g/mol.